The minimum atomic E-state index is -4.35. The molecule has 0 spiro atoms. The molecule has 3 saturated heterocycles. The normalized spacial score (nSPS) is 26.5. The summed E-state index contributed by atoms with van der Waals surface area (Å²) >= 11 is 0. The summed E-state index contributed by atoms with van der Waals surface area (Å²) in [7, 11) is -2.68. The van der Waals surface area contributed by atoms with Crippen LogP contribution in [0.2, 0.25) is 0 Å². The maximum Gasteiger partial charge on any atom is 0.329 e. The van der Waals surface area contributed by atoms with Gasteiger partial charge < -0.3 is 14.7 Å². The molecule has 2 saturated carbocycles. The molecule has 1 aromatic heterocycles. The monoisotopic (exact) mass is 746 g/mol. The first kappa shape index (κ1) is 33.4. The smallest absolute Gasteiger partial charge is 0.329 e. The second kappa shape index (κ2) is 11.3. The van der Waals surface area contributed by atoms with E-state index >= 15 is 4.39 Å². The maximum atomic E-state index is 15.7. The van der Waals surface area contributed by atoms with E-state index in [4.69, 9.17) is 4.74 Å². The van der Waals surface area contributed by atoms with Crippen LogP contribution in [-0.2, 0) is 36.4 Å². The summed E-state index contributed by atoms with van der Waals surface area (Å²) in [6, 6.07) is 10.9. The molecule has 15 nitrogen and oxygen atoms in total. The quantitative estimate of drug-likeness (QED) is 0.238. The summed E-state index contributed by atoms with van der Waals surface area (Å²) in [5, 5.41) is 13.1. The van der Waals surface area contributed by atoms with Crippen molar-refractivity contribution in [1.82, 2.24) is 24.1 Å². The minimum Gasteiger partial charge on any atom is -0.506 e. The molecule has 53 heavy (non-hydrogen) atoms. The number of fused-ring (bicyclic) bond motifs is 3. The molecule has 4 heterocycles. The van der Waals surface area contributed by atoms with Gasteiger partial charge in [-0.3, -0.25) is 33.6 Å². The summed E-state index contributed by atoms with van der Waals surface area (Å²) in [5.74, 6) is -2.68. The Balaban J connectivity index is 0.846. The van der Waals surface area contributed by atoms with Crippen molar-refractivity contribution in [3.63, 3.8) is 0 Å². The number of aromatic nitrogens is 2. The third-order valence-corrected chi connectivity index (χ3v) is 13.3. The van der Waals surface area contributed by atoms with E-state index in [0.29, 0.717) is 52.4 Å². The highest BCUT2D eigenvalue weighted by atomic mass is 32.2. The minimum absolute atomic E-state index is 0.00686. The molecular weight excluding hydrogens is 711 g/mol. The van der Waals surface area contributed by atoms with E-state index in [1.165, 1.54) is 21.3 Å². The number of hydrogen-bond acceptors (Lipinski definition) is 9. The molecular formula is C36H35FN6O9S. The molecule has 17 heteroatoms. The summed E-state index contributed by atoms with van der Waals surface area (Å²) in [5.41, 5.74) is 0.684. The second-order valence-electron chi connectivity index (χ2n) is 15.0. The fraction of sp³-hybridized carbons (Fsp3) is 0.417. The van der Waals surface area contributed by atoms with E-state index in [9.17, 15) is 37.5 Å². The SMILES string of the molecule is Cn1c(=O)n(C2CCC(=O)NC2=O)c2ccc(C3CCN(C(=O)C45CC4(COc4ccc6cc(O)c(N7CC(=O)NS7(=O)=O)c(F)c6c4)C5)CC3)cc21. The number of aryl methyl sites for hydroxylation is 1. The lowest BCUT2D eigenvalue weighted by Crippen LogP contribution is -2.44. The standard InChI is InChI=1S/C36H35FN6O9S/c1-40-26-12-20(3-5-24(26)43(34(40)49)25-6-7-28(45)38-32(25)47)19-8-10-41(11-9-19)33(48)36-16-35(36,17-36)18-52-22-4-2-21-13-27(44)31(30(37)23(21)14-22)42-15-29(46)39-53(42,50)51/h2-5,12-14,19,25,44H,6-11,15-18H2,1H3,(H,39,46)(H,38,45,47). The van der Waals surface area contributed by atoms with Crippen LogP contribution in [-0.4, -0.2) is 77.4 Å². The number of hydrogen-bond donors (Lipinski definition) is 3. The van der Waals surface area contributed by atoms with Crippen molar-refractivity contribution >= 4 is 61.3 Å². The largest absolute Gasteiger partial charge is 0.506 e. The highest BCUT2D eigenvalue weighted by Crippen LogP contribution is 2.86. The predicted molar refractivity (Wildman–Crippen MR) is 187 cm³/mol. The molecule has 5 aliphatic rings. The van der Waals surface area contributed by atoms with Gasteiger partial charge in [-0.25, -0.2) is 18.2 Å². The van der Waals surface area contributed by atoms with Gasteiger partial charge in [0.2, 0.25) is 17.7 Å². The predicted octanol–water partition coefficient (Wildman–Crippen LogP) is 2.06. The van der Waals surface area contributed by atoms with Crippen LogP contribution in [0, 0.1) is 16.6 Å². The number of piperidine rings is 2. The van der Waals surface area contributed by atoms with Gasteiger partial charge in [0.05, 0.1) is 23.1 Å². The number of rotatable bonds is 7. The number of halogens is 1. The molecule has 0 radical (unpaired) electrons. The number of imide groups is 1. The number of phenolic OH excluding ortho intramolecular Hbond substituents is 1. The average molecular weight is 747 g/mol. The maximum absolute atomic E-state index is 15.7. The number of benzene rings is 3. The number of phenols is 1. The number of ether oxygens (including phenoxy) is 1. The summed E-state index contributed by atoms with van der Waals surface area (Å²) in [6.45, 7) is 0.766. The highest BCUT2D eigenvalue weighted by molar-refractivity contribution is 7.92. The number of carbonyl (C=O) groups is 4. The average Bonchev–Trinajstić information content (AvgIpc) is 3.90. The van der Waals surface area contributed by atoms with Crippen LogP contribution in [0.5, 0.6) is 11.5 Å². The first-order chi connectivity index (χ1) is 25.2. The van der Waals surface area contributed by atoms with Gasteiger partial charge in [-0.2, -0.15) is 8.42 Å². The third-order valence-electron chi connectivity index (χ3n) is 11.9. The van der Waals surface area contributed by atoms with Gasteiger partial charge in [0.15, 0.2) is 5.82 Å². The zero-order valence-electron chi connectivity index (χ0n) is 28.6. The zero-order chi connectivity index (χ0) is 37.2. The fourth-order valence-electron chi connectivity index (χ4n) is 8.72. The summed E-state index contributed by atoms with van der Waals surface area (Å²) in [6.07, 6.45) is 3.33. The van der Waals surface area contributed by atoms with Crippen LogP contribution in [0.15, 0.2) is 47.3 Å². The number of imidazole rings is 1. The van der Waals surface area contributed by atoms with E-state index < -0.39 is 57.3 Å². The Kier molecular flexibility index (Phi) is 7.10. The van der Waals surface area contributed by atoms with Crippen molar-refractivity contribution < 1.29 is 41.8 Å². The van der Waals surface area contributed by atoms with Crippen LogP contribution in [0.4, 0.5) is 10.1 Å². The van der Waals surface area contributed by atoms with E-state index in [1.807, 2.05) is 23.1 Å². The molecule has 276 valence electrons. The van der Waals surface area contributed by atoms with Gasteiger partial charge in [-0.1, -0.05) is 12.1 Å². The van der Waals surface area contributed by atoms with Gasteiger partial charge in [0.25, 0.3) is 5.91 Å². The summed E-state index contributed by atoms with van der Waals surface area (Å²) in [4.78, 5) is 64.8. The molecule has 4 aromatic rings. The third kappa shape index (κ3) is 5.03. The van der Waals surface area contributed by atoms with Crippen LogP contribution < -0.4 is 24.8 Å². The van der Waals surface area contributed by atoms with Gasteiger partial charge >= 0.3 is 15.9 Å². The number of aromatic hydroxyl groups is 1. The fourth-order valence-corrected chi connectivity index (χ4v) is 9.88. The topological polar surface area (TPSA) is 189 Å². The first-order valence-electron chi connectivity index (χ1n) is 17.5. The second-order valence-corrected chi connectivity index (χ2v) is 16.6. The molecule has 1 atom stereocenters. The van der Waals surface area contributed by atoms with Gasteiger partial charge in [-0.05, 0) is 79.3 Å². The lowest BCUT2D eigenvalue weighted by molar-refractivity contribution is -0.137. The number of nitrogens with one attached hydrogen (secondary N) is 2. The Bertz CT molecular complexity index is 2500. The van der Waals surface area contributed by atoms with Gasteiger partial charge in [0.1, 0.15) is 29.8 Å². The Morgan fingerprint density at radius 1 is 1.00 bits per heavy atom. The van der Waals surface area contributed by atoms with Crippen LogP contribution in [0.25, 0.3) is 21.8 Å². The Morgan fingerprint density at radius 2 is 1.75 bits per heavy atom. The molecule has 0 bridgehead atoms. The number of carbonyl (C=O) groups excluding carboxylic acids is 4. The molecule has 4 amide bonds. The van der Waals surface area contributed by atoms with E-state index in [1.54, 1.807) is 23.9 Å². The molecule has 3 N–H and O–H groups in total. The molecule has 1 unspecified atom stereocenters. The van der Waals surface area contributed by atoms with E-state index in [0.717, 1.165) is 18.4 Å². The van der Waals surface area contributed by atoms with Crippen molar-refractivity contribution in [2.24, 2.45) is 17.9 Å². The van der Waals surface area contributed by atoms with Crippen LogP contribution in [0.3, 0.4) is 0 Å². The highest BCUT2D eigenvalue weighted by Gasteiger charge is 2.87. The van der Waals surface area contributed by atoms with E-state index in [2.05, 4.69) is 5.32 Å². The Hall–Kier alpha value is -5.45. The lowest BCUT2D eigenvalue weighted by Gasteiger charge is -2.33. The van der Waals surface area contributed by atoms with Crippen molar-refractivity contribution in [1.29, 1.82) is 0 Å². The van der Waals surface area contributed by atoms with Crippen LogP contribution in [0.1, 0.15) is 56.0 Å². The number of likely N-dealkylation sites (tertiary alicyclic amines) is 1. The number of anilines is 1. The molecule has 3 aliphatic heterocycles. The van der Waals surface area contributed by atoms with Gasteiger partial charge in [-0.15, -0.1) is 0 Å². The van der Waals surface area contributed by atoms with Crippen LogP contribution >= 0.6 is 0 Å². The van der Waals surface area contributed by atoms with Crippen molar-refractivity contribution in [3.8, 4) is 11.5 Å². The van der Waals surface area contributed by atoms with Gasteiger partial charge in [0, 0.05) is 37.4 Å². The van der Waals surface area contributed by atoms with Crippen molar-refractivity contribution in [2.45, 2.75) is 50.5 Å². The molecule has 3 aromatic carbocycles. The number of amides is 4. The van der Waals surface area contributed by atoms with E-state index in [-0.39, 0.29) is 53.7 Å². The first-order valence-corrected chi connectivity index (χ1v) is 18.9. The zero-order valence-corrected chi connectivity index (χ0v) is 29.4. The van der Waals surface area contributed by atoms with Crippen molar-refractivity contribution in [3.05, 3.63) is 64.3 Å². The molecule has 2 aliphatic carbocycles. The van der Waals surface area contributed by atoms with Crippen molar-refractivity contribution in [2.75, 3.05) is 30.5 Å². The Morgan fingerprint density at radius 3 is 2.45 bits per heavy atom. The molecule has 5 fully saturated rings. The molecule has 9 rings (SSSR count). The Labute approximate surface area is 301 Å². The lowest BCUT2D eigenvalue weighted by atomic mass is 9.89. The number of nitrogens with zero attached hydrogens (tertiary/aromatic N) is 4. The summed E-state index contributed by atoms with van der Waals surface area (Å²) < 4.78 is 51.7.